The summed E-state index contributed by atoms with van der Waals surface area (Å²) in [4.78, 5) is 55.1. The molecule has 2 aromatic carbocycles. The third kappa shape index (κ3) is 10.8. The molecule has 0 aliphatic heterocycles. The number of anilines is 3. The number of para-hydroxylation sites is 2. The maximum absolute atomic E-state index is 13.8. The van der Waals surface area contributed by atoms with Crippen molar-refractivity contribution in [3.05, 3.63) is 88.0 Å². The zero-order valence-corrected chi connectivity index (χ0v) is 26.6. The fourth-order valence-corrected chi connectivity index (χ4v) is 4.48. The van der Waals surface area contributed by atoms with Crippen LogP contribution in [-0.2, 0) is 4.74 Å². The first kappa shape index (κ1) is 35.4. The molecule has 13 nitrogen and oxygen atoms in total. The highest BCUT2D eigenvalue weighted by Crippen LogP contribution is 2.25. The highest BCUT2D eigenvalue weighted by molar-refractivity contribution is 6.05. The quantitative estimate of drug-likeness (QED) is 0.118. The Hall–Kier alpha value is -5.11. The second-order valence-electron chi connectivity index (χ2n) is 11.3. The predicted molar refractivity (Wildman–Crippen MR) is 173 cm³/mol. The van der Waals surface area contributed by atoms with Crippen molar-refractivity contribution in [3.8, 4) is 0 Å². The van der Waals surface area contributed by atoms with Gasteiger partial charge in [-0.25, -0.2) is 9.59 Å². The molecular weight excluding hydrogens is 597 g/mol. The summed E-state index contributed by atoms with van der Waals surface area (Å²) < 4.78 is 19.1. The van der Waals surface area contributed by atoms with Crippen molar-refractivity contribution in [2.45, 2.75) is 59.1 Å². The van der Waals surface area contributed by atoms with Gasteiger partial charge in [-0.2, -0.15) is 4.39 Å². The first-order valence-corrected chi connectivity index (χ1v) is 14.9. The van der Waals surface area contributed by atoms with Gasteiger partial charge < -0.3 is 25.6 Å². The molecule has 1 aromatic heterocycles. The lowest BCUT2D eigenvalue weighted by molar-refractivity contribution is -0.387. The van der Waals surface area contributed by atoms with Crippen molar-refractivity contribution in [2.75, 3.05) is 35.6 Å². The van der Waals surface area contributed by atoms with Gasteiger partial charge in [-0.3, -0.25) is 25.2 Å². The number of aromatic nitrogens is 1. The Bertz CT molecular complexity index is 1520. The average molecular weight is 638 g/mol. The van der Waals surface area contributed by atoms with Gasteiger partial charge in [-0.15, -0.1) is 0 Å². The van der Waals surface area contributed by atoms with E-state index in [0.717, 1.165) is 38.2 Å². The average Bonchev–Trinajstić information content (AvgIpc) is 2.99. The lowest BCUT2D eigenvalue weighted by Gasteiger charge is -2.22. The number of ether oxygens (including phenoxy) is 1. The number of nitro groups is 1. The van der Waals surface area contributed by atoms with E-state index in [-0.39, 0.29) is 11.4 Å². The zero-order chi connectivity index (χ0) is 33.9. The highest BCUT2D eigenvalue weighted by Gasteiger charge is 2.21. The molecule has 4 amide bonds. The van der Waals surface area contributed by atoms with Crippen molar-refractivity contribution in [1.82, 2.24) is 15.2 Å². The number of nitro benzene ring substituents is 1. The van der Waals surface area contributed by atoms with Crippen LogP contribution in [-0.4, -0.2) is 58.1 Å². The van der Waals surface area contributed by atoms with Crippen LogP contribution >= 0.6 is 0 Å². The normalized spacial score (nSPS) is 11.8. The molecule has 0 aliphatic carbocycles. The van der Waals surface area contributed by atoms with Crippen LogP contribution in [0.4, 0.5) is 36.7 Å². The Kier molecular flexibility index (Phi) is 12.5. The number of amides is 4. The number of nitrogens with one attached hydrogen (secondary N) is 4. The summed E-state index contributed by atoms with van der Waals surface area (Å²) in [6.07, 6.45) is 2.09. The van der Waals surface area contributed by atoms with E-state index < -0.39 is 46.1 Å². The third-order valence-electron chi connectivity index (χ3n) is 6.80. The molecule has 3 aromatic rings. The van der Waals surface area contributed by atoms with Gasteiger partial charge in [-0.1, -0.05) is 32.0 Å². The molecule has 0 fully saturated rings. The Balaban J connectivity index is 1.74. The van der Waals surface area contributed by atoms with Crippen LogP contribution in [0.2, 0.25) is 0 Å². The molecule has 0 aliphatic rings. The van der Waals surface area contributed by atoms with E-state index in [9.17, 15) is 28.9 Å². The van der Waals surface area contributed by atoms with Gasteiger partial charge >= 0.3 is 17.8 Å². The molecule has 0 radical (unpaired) electrons. The molecule has 1 heterocycles. The number of rotatable bonds is 13. The van der Waals surface area contributed by atoms with Gasteiger partial charge in [0.05, 0.1) is 22.3 Å². The lowest BCUT2D eigenvalue weighted by Crippen LogP contribution is -2.33. The van der Waals surface area contributed by atoms with Crippen LogP contribution in [0.5, 0.6) is 0 Å². The Labute approximate surface area is 267 Å². The van der Waals surface area contributed by atoms with Crippen molar-refractivity contribution in [3.63, 3.8) is 0 Å². The monoisotopic (exact) mass is 637 g/mol. The molecule has 1 atom stereocenters. The first-order chi connectivity index (χ1) is 21.8. The molecule has 0 saturated heterocycles. The second-order valence-corrected chi connectivity index (χ2v) is 11.3. The molecule has 246 valence electrons. The number of hydrogen-bond donors (Lipinski definition) is 4. The Morgan fingerprint density at radius 1 is 1.00 bits per heavy atom. The summed E-state index contributed by atoms with van der Waals surface area (Å²) in [6, 6.07) is 11.8. The van der Waals surface area contributed by atoms with Crippen LogP contribution < -0.4 is 21.3 Å². The third-order valence-corrected chi connectivity index (χ3v) is 6.80. The molecule has 1 unspecified atom stereocenters. The summed E-state index contributed by atoms with van der Waals surface area (Å²) in [5, 5.41) is 21.9. The number of carbonyl (C=O) groups excluding carboxylic acids is 3. The molecule has 0 bridgehead atoms. The van der Waals surface area contributed by atoms with Crippen molar-refractivity contribution < 1.29 is 28.4 Å². The Morgan fingerprint density at radius 2 is 1.67 bits per heavy atom. The minimum atomic E-state index is -1.01. The summed E-state index contributed by atoms with van der Waals surface area (Å²) in [6.45, 7) is 11.9. The van der Waals surface area contributed by atoms with Crippen LogP contribution in [0.25, 0.3) is 0 Å². The maximum atomic E-state index is 13.8. The molecular formula is C32H40FN7O6. The van der Waals surface area contributed by atoms with Gasteiger partial charge in [0.2, 0.25) is 5.82 Å². The zero-order valence-electron chi connectivity index (χ0n) is 26.6. The van der Waals surface area contributed by atoms with Gasteiger partial charge in [0, 0.05) is 18.0 Å². The summed E-state index contributed by atoms with van der Waals surface area (Å²) in [5.74, 6) is -1.53. The molecule has 0 saturated carbocycles. The summed E-state index contributed by atoms with van der Waals surface area (Å²) in [5.41, 5.74) is 0.0154. The minimum absolute atomic E-state index is 0.0547. The number of benzene rings is 2. The van der Waals surface area contributed by atoms with E-state index in [1.165, 1.54) is 18.3 Å². The number of halogens is 1. The predicted octanol–water partition coefficient (Wildman–Crippen LogP) is 6.71. The number of hydrogen-bond acceptors (Lipinski definition) is 8. The molecule has 3 rings (SSSR count). The molecule has 46 heavy (non-hydrogen) atoms. The standard InChI is InChI=1S/C32H40FN7O6/c1-6-39(7-2)18-10-13-24(37-30(42)35-22-15-16-23(33)28(19-22)40(44)45)21-14-17-27(34-20-21)29(41)36-25-11-8-9-12-26(25)38-31(43)46-32(3,4)5/h8-9,11-12,14-17,19-20,24H,6-7,10,13,18H2,1-5H3,(H,36,41)(H,38,43)(H2,35,37,42). The smallest absolute Gasteiger partial charge is 0.412 e. The topological polar surface area (TPSA) is 168 Å². The molecule has 14 heteroatoms. The number of carbonyl (C=O) groups is 3. The van der Waals surface area contributed by atoms with E-state index in [0.29, 0.717) is 23.4 Å². The fourth-order valence-electron chi connectivity index (χ4n) is 4.48. The van der Waals surface area contributed by atoms with Crippen molar-refractivity contribution in [1.29, 1.82) is 0 Å². The van der Waals surface area contributed by atoms with Gasteiger partial charge in [0.15, 0.2) is 0 Å². The SMILES string of the molecule is CCN(CC)CCCC(NC(=O)Nc1ccc(F)c([N+](=O)[O-])c1)c1ccc(C(=O)Nc2ccccc2NC(=O)OC(C)(C)C)nc1. The van der Waals surface area contributed by atoms with Crippen LogP contribution in [0.15, 0.2) is 60.8 Å². The van der Waals surface area contributed by atoms with Crippen LogP contribution in [0.3, 0.4) is 0 Å². The summed E-state index contributed by atoms with van der Waals surface area (Å²) in [7, 11) is 0. The van der Waals surface area contributed by atoms with Crippen molar-refractivity contribution in [2.24, 2.45) is 0 Å². The number of nitrogens with zero attached hydrogens (tertiary/aromatic N) is 3. The van der Waals surface area contributed by atoms with Gasteiger partial charge in [-0.05, 0) is 89.1 Å². The molecule has 0 spiro atoms. The summed E-state index contributed by atoms with van der Waals surface area (Å²) >= 11 is 0. The largest absolute Gasteiger partial charge is 0.444 e. The Morgan fingerprint density at radius 3 is 2.26 bits per heavy atom. The maximum Gasteiger partial charge on any atom is 0.412 e. The van der Waals surface area contributed by atoms with Crippen LogP contribution in [0, 0.1) is 15.9 Å². The number of pyridine rings is 1. The van der Waals surface area contributed by atoms with E-state index in [4.69, 9.17) is 4.74 Å². The van der Waals surface area contributed by atoms with E-state index in [1.807, 2.05) is 0 Å². The molecule has 4 N–H and O–H groups in total. The fraction of sp³-hybridized carbons (Fsp3) is 0.375. The van der Waals surface area contributed by atoms with E-state index >= 15 is 0 Å². The van der Waals surface area contributed by atoms with Crippen molar-refractivity contribution >= 4 is 40.8 Å². The van der Waals surface area contributed by atoms with E-state index in [1.54, 1.807) is 51.1 Å². The number of urea groups is 1. The van der Waals surface area contributed by atoms with Gasteiger partial charge in [0.25, 0.3) is 5.91 Å². The first-order valence-electron chi connectivity index (χ1n) is 14.9. The van der Waals surface area contributed by atoms with Crippen LogP contribution in [0.1, 0.15) is 69.6 Å². The second kappa shape index (κ2) is 16.3. The lowest BCUT2D eigenvalue weighted by atomic mass is 10.0. The van der Waals surface area contributed by atoms with E-state index in [2.05, 4.69) is 45.0 Å². The van der Waals surface area contributed by atoms with Gasteiger partial charge in [0.1, 0.15) is 11.3 Å². The minimum Gasteiger partial charge on any atom is -0.444 e. The highest BCUT2D eigenvalue weighted by atomic mass is 19.1.